The maximum atomic E-state index is 13.1. The van der Waals surface area contributed by atoms with Gasteiger partial charge in [0.05, 0.1) is 24.5 Å². The molecule has 0 aliphatic heterocycles. The molecule has 0 aromatic heterocycles. The van der Waals surface area contributed by atoms with E-state index < -0.39 is 0 Å². The van der Waals surface area contributed by atoms with Crippen molar-refractivity contribution in [2.75, 3.05) is 31.7 Å². The summed E-state index contributed by atoms with van der Waals surface area (Å²) in [6.07, 6.45) is 0.758. The molecule has 0 fully saturated rings. The average Bonchev–Trinajstić information content (AvgIpc) is 2.79. The number of carbonyl (C=O) groups excluding carboxylic acids is 1. The smallest absolute Gasteiger partial charge is 0.259 e. The summed E-state index contributed by atoms with van der Waals surface area (Å²) in [6.45, 7) is 3.95. The molecule has 0 heterocycles. The topological polar surface area (TPSA) is 56.8 Å². The van der Waals surface area contributed by atoms with Crippen molar-refractivity contribution in [1.82, 2.24) is 0 Å². The van der Waals surface area contributed by atoms with Crippen molar-refractivity contribution in [1.29, 1.82) is 0 Å². The Morgan fingerprint density at radius 1 is 0.871 bits per heavy atom. The van der Waals surface area contributed by atoms with Gasteiger partial charge in [-0.05, 0) is 42.8 Å². The highest BCUT2D eigenvalue weighted by atomic mass is 79.9. The lowest BCUT2D eigenvalue weighted by Gasteiger charge is -2.15. The molecule has 1 amide bonds. The van der Waals surface area contributed by atoms with E-state index in [4.69, 9.17) is 14.2 Å². The fraction of sp³-hybridized carbons (Fsp3) is 0.240. The van der Waals surface area contributed by atoms with Gasteiger partial charge in [0.15, 0.2) is 0 Å². The summed E-state index contributed by atoms with van der Waals surface area (Å²) in [5.41, 5.74) is 2.23. The van der Waals surface area contributed by atoms with Gasteiger partial charge in [-0.25, -0.2) is 0 Å². The summed E-state index contributed by atoms with van der Waals surface area (Å²) in [5, 5.41) is 2.94. The van der Waals surface area contributed by atoms with Gasteiger partial charge in [-0.15, -0.1) is 0 Å². The Hall–Kier alpha value is -2.83. The molecule has 0 atom stereocenters. The Balaban J connectivity index is 1.68. The second-order valence-corrected chi connectivity index (χ2v) is 7.64. The second kappa shape index (κ2) is 12.1. The number of para-hydroxylation sites is 2. The van der Waals surface area contributed by atoms with Crippen LogP contribution < -0.4 is 14.8 Å². The largest absolute Gasteiger partial charge is 0.492 e. The molecule has 31 heavy (non-hydrogen) atoms. The number of hydrogen-bond donors (Lipinski definition) is 1. The number of nitrogens with one attached hydrogen (secondary N) is 1. The molecule has 0 spiro atoms. The van der Waals surface area contributed by atoms with Crippen molar-refractivity contribution in [3.8, 4) is 11.5 Å². The van der Waals surface area contributed by atoms with E-state index in [0.29, 0.717) is 49.2 Å². The van der Waals surface area contributed by atoms with Gasteiger partial charge in [0.25, 0.3) is 5.91 Å². The molecule has 0 saturated heterocycles. The molecule has 0 radical (unpaired) electrons. The molecule has 0 unspecified atom stereocenters. The van der Waals surface area contributed by atoms with Crippen LogP contribution in [0.1, 0.15) is 22.8 Å². The average molecular weight is 484 g/mol. The number of anilines is 1. The Labute approximate surface area is 191 Å². The molecule has 3 aromatic carbocycles. The van der Waals surface area contributed by atoms with Crippen molar-refractivity contribution in [3.63, 3.8) is 0 Å². The summed E-state index contributed by atoms with van der Waals surface area (Å²) in [6, 6.07) is 22.9. The van der Waals surface area contributed by atoms with Crippen LogP contribution in [0, 0.1) is 0 Å². The summed E-state index contributed by atoms with van der Waals surface area (Å²) in [4.78, 5) is 13.1. The molecular formula is C25H26BrNO4. The van der Waals surface area contributed by atoms with Crippen molar-refractivity contribution < 1.29 is 19.0 Å². The van der Waals surface area contributed by atoms with E-state index >= 15 is 0 Å². The van der Waals surface area contributed by atoms with E-state index in [1.54, 1.807) is 12.1 Å². The number of hydrogen-bond acceptors (Lipinski definition) is 4. The first kappa shape index (κ1) is 22.8. The third-order valence-corrected chi connectivity index (χ3v) is 5.00. The minimum Gasteiger partial charge on any atom is -0.492 e. The lowest BCUT2D eigenvalue weighted by molar-refractivity contribution is 0.102. The molecule has 162 valence electrons. The Morgan fingerprint density at radius 3 is 2.42 bits per heavy atom. The second-order valence-electron chi connectivity index (χ2n) is 6.72. The Morgan fingerprint density at radius 2 is 1.61 bits per heavy atom. The minimum absolute atomic E-state index is 0.267. The van der Waals surface area contributed by atoms with E-state index in [1.807, 2.05) is 55.5 Å². The minimum atomic E-state index is -0.267. The number of amides is 1. The Kier molecular flexibility index (Phi) is 8.94. The van der Waals surface area contributed by atoms with Gasteiger partial charge in [-0.2, -0.15) is 0 Å². The molecule has 1 N–H and O–H groups in total. The molecule has 0 aliphatic rings. The van der Waals surface area contributed by atoms with Gasteiger partial charge in [0, 0.05) is 17.5 Å². The van der Waals surface area contributed by atoms with Gasteiger partial charge in [0.1, 0.15) is 18.1 Å². The molecule has 3 aromatic rings. The molecule has 5 nitrogen and oxygen atoms in total. The van der Waals surface area contributed by atoms with E-state index in [-0.39, 0.29) is 5.91 Å². The fourth-order valence-electron chi connectivity index (χ4n) is 2.97. The summed E-state index contributed by atoms with van der Waals surface area (Å²) in [7, 11) is 0. The zero-order valence-corrected chi connectivity index (χ0v) is 19.1. The summed E-state index contributed by atoms with van der Waals surface area (Å²) >= 11 is 3.44. The predicted molar refractivity (Wildman–Crippen MR) is 126 cm³/mol. The third-order valence-electron chi connectivity index (χ3n) is 4.50. The highest BCUT2D eigenvalue weighted by molar-refractivity contribution is 9.10. The van der Waals surface area contributed by atoms with Crippen molar-refractivity contribution in [2.45, 2.75) is 13.3 Å². The number of carbonyl (C=O) groups is 1. The first-order chi connectivity index (χ1) is 15.2. The van der Waals surface area contributed by atoms with E-state index in [9.17, 15) is 4.79 Å². The van der Waals surface area contributed by atoms with Crippen LogP contribution in [0.4, 0.5) is 5.69 Å². The predicted octanol–water partition coefficient (Wildman–Crippen LogP) is 5.74. The normalized spacial score (nSPS) is 10.5. The van der Waals surface area contributed by atoms with E-state index in [1.165, 1.54) is 5.56 Å². The number of benzene rings is 3. The van der Waals surface area contributed by atoms with Gasteiger partial charge in [0.2, 0.25) is 0 Å². The standard InChI is InChI=1S/C25H26BrNO4/c1-2-29-16-17-31-24-11-7-6-10-22(24)27-25(28)21-18-20(26)12-13-23(21)30-15-14-19-8-4-3-5-9-19/h3-13,18H,2,14-17H2,1H3,(H,27,28). The monoisotopic (exact) mass is 483 g/mol. The molecule has 0 saturated carbocycles. The first-order valence-corrected chi connectivity index (χ1v) is 11.0. The molecule has 0 bridgehead atoms. The quantitative estimate of drug-likeness (QED) is 0.353. The highest BCUT2D eigenvalue weighted by Gasteiger charge is 2.16. The van der Waals surface area contributed by atoms with Crippen molar-refractivity contribution in [3.05, 3.63) is 88.4 Å². The lowest BCUT2D eigenvalue weighted by atomic mass is 10.1. The number of ether oxygens (including phenoxy) is 3. The van der Waals surface area contributed by atoms with Crippen molar-refractivity contribution in [2.24, 2.45) is 0 Å². The lowest BCUT2D eigenvalue weighted by Crippen LogP contribution is -2.16. The maximum Gasteiger partial charge on any atom is 0.259 e. The number of rotatable bonds is 11. The van der Waals surface area contributed by atoms with Crippen LogP contribution >= 0.6 is 15.9 Å². The van der Waals surface area contributed by atoms with Crippen LogP contribution in [-0.2, 0) is 11.2 Å². The van der Waals surface area contributed by atoms with Crippen LogP contribution in [-0.4, -0.2) is 32.3 Å². The van der Waals surface area contributed by atoms with Gasteiger partial charge in [-0.1, -0.05) is 58.4 Å². The van der Waals surface area contributed by atoms with Crippen molar-refractivity contribution >= 4 is 27.5 Å². The zero-order chi connectivity index (χ0) is 21.9. The molecule has 6 heteroatoms. The fourth-order valence-corrected chi connectivity index (χ4v) is 3.33. The molecule has 0 aliphatic carbocycles. The number of halogens is 1. The van der Waals surface area contributed by atoms with Crippen LogP contribution in [0.25, 0.3) is 0 Å². The van der Waals surface area contributed by atoms with E-state index in [2.05, 4.69) is 33.4 Å². The molecule has 3 rings (SSSR count). The van der Waals surface area contributed by atoms with Gasteiger partial charge in [-0.3, -0.25) is 4.79 Å². The van der Waals surface area contributed by atoms with Gasteiger partial charge < -0.3 is 19.5 Å². The van der Waals surface area contributed by atoms with Crippen LogP contribution in [0.2, 0.25) is 0 Å². The third kappa shape index (κ3) is 7.12. The van der Waals surface area contributed by atoms with Crippen LogP contribution in [0.15, 0.2) is 77.3 Å². The van der Waals surface area contributed by atoms with Crippen LogP contribution in [0.3, 0.4) is 0 Å². The van der Waals surface area contributed by atoms with E-state index in [0.717, 1.165) is 10.9 Å². The zero-order valence-electron chi connectivity index (χ0n) is 17.5. The Bertz CT molecular complexity index is 978. The highest BCUT2D eigenvalue weighted by Crippen LogP contribution is 2.28. The van der Waals surface area contributed by atoms with Crippen LogP contribution in [0.5, 0.6) is 11.5 Å². The van der Waals surface area contributed by atoms with Gasteiger partial charge >= 0.3 is 0 Å². The SMILES string of the molecule is CCOCCOc1ccccc1NC(=O)c1cc(Br)ccc1OCCc1ccccc1. The summed E-state index contributed by atoms with van der Waals surface area (Å²) in [5.74, 6) is 0.861. The maximum absolute atomic E-state index is 13.1. The molecular weight excluding hydrogens is 458 g/mol. The first-order valence-electron chi connectivity index (χ1n) is 10.2. The summed E-state index contributed by atoms with van der Waals surface area (Å²) < 4.78 is 17.8.